The Morgan fingerprint density at radius 2 is 2.00 bits per heavy atom. The first kappa shape index (κ1) is 20.4. The summed E-state index contributed by atoms with van der Waals surface area (Å²) in [4.78, 5) is 0. The molecule has 2 nitrogen and oxygen atoms in total. The summed E-state index contributed by atoms with van der Waals surface area (Å²) in [5.74, 6) is 0.0112. The molecular formula is C19H27F3O2. The minimum atomic E-state index is -4.17. The fourth-order valence-electron chi connectivity index (χ4n) is 2.66. The van der Waals surface area contributed by atoms with Crippen LogP contribution < -0.4 is 0 Å². The van der Waals surface area contributed by atoms with Crippen molar-refractivity contribution in [2.75, 3.05) is 0 Å². The number of phenolic OH excluding ortho intramolecular Hbond substituents is 1. The van der Waals surface area contributed by atoms with E-state index in [9.17, 15) is 18.3 Å². The Bertz CT molecular complexity index is 524. The van der Waals surface area contributed by atoms with Crippen molar-refractivity contribution in [2.24, 2.45) is 5.92 Å². The van der Waals surface area contributed by atoms with Gasteiger partial charge in [0.15, 0.2) is 0 Å². The van der Waals surface area contributed by atoms with E-state index in [1.165, 1.54) is 0 Å². The normalized spacial score (nSPS) is 12.9. The van der Waals surface area contributed by atoms with E-state index in [0.29, 0.717) is 12.2 Å². The zero-order valence-electron chi connectivity index (χ0n) is 14.5. The third-order valence-electron chi connectivity index (χ3n) is 4.02. The van der Waals surface area contributed by atoms with E-state index in [1.807, 2.05) is 13.8 Å². The number of aryl methyl sites for hydroxylation is 1. The Labute approximate surface area is 142 Å². The van der Waals surface area contributed by atoms with Crippen molar-refractivity contribution in [2.45, 2.75) is 65.2 Å². The number of hydrogen-bond donors (Lipinski definition) is 1. The molecule has 1 atom stereocenters. The lowest BCUT2D eigenvalue weighted by Crippen LogP contribution is -2.16. The van der Waals surface area contributed by atoms with Gasteiger partial charge in [0.25, 0.3) is 0 Å². The molecule has 1 unspecified atom stereocenters. The molecule has 24 heavy (non-hydrogen) atoms. The summed E-state index contributed by atoms with van der Waals surface area (Å²) in [6.45, 7) is 7.88. The number of aromatic hydroxyl groups is 1. The standard InChI is InChI=1S/C19H27F3O2/c1-4-5-6-7-16(12-19(20,21)22)10-15(3)24-13-17-11-18(23)9-8-14(17)2/h8-9,11,16,23H,3-7,10,12-13H2,1-2H3. The van der Waals surface area contributed by atoms with Gasteiger partial charge in [-0.2, -0.15) is 13.2 Å². The maximum absolute atomic E-state index is 12.7. The molecule has 1 aromatic carbocycles. The van der Waals surface area contributed by atoms with Crippen LogP contribution in [0.25, 0.3) is 0 Å². The molecule has 0 amide bonds. The number of allylic oxidation sites excluding steroid dienone is 1. The lowest BCUT2D eigenvalue weighted by Gasteiger charge is -2.20. The molecule has 0 heterocycles. The van der Waals surface area contributed by atoms with E-state index >= 15 is 0 Å². The predicted octanol–water partition coefficient (Wildman–Crippen LogP) is 6.27. The molecule has 0 aliphatic rings. The Morgan fingerprint density at radius 1 is 1.29 bits per heavy atom. The second-order valence-corrected chi connectivity index (χ2v) is 6.32. The number of unbranched alkanes of at least 4 members (excludes halogenated alkanes) is 2. The minimum Gasteiger partial charge on any atom is -0.508 e. The largest absolute Gasteiger partial charge is 0.508 e. The molecule has 1 aromatic rings. The SMILES string of the molecule is C=C(CC(CCCCC)CC(F)(F)F)OCc1cc(O)ccc1C. The molecule has 0 saturated heterocycles. The van der Waals surface area contributed by atoms with Crippen molar-refractivity contribution >= 4 is 0 Å². The van der Waals surface area contributed by atoms with Crippen LogP contribution in [0.4, 0.5) is 13.2 Å². The summed E-state index contributed by atoms with van der Waals surface area (Å²) in [6.07, 6.45) is -1.53. The molecule has 5 heteroatoms. The number of rotatable bonds is 10. The van der Waals surface area contributed by atoms with E-state index in [0.717, 1.165) is 30.4 Å². The summed E-state index contributed by atoms with van der Waals surface area (Å²) in [7, 11) is 0. The van der Waals surface area contributed by atoms with E-state index in [1.54, 1.807) is 18.2 Å². The monoisotopic (exact) mass is 344 g/mol. The van der Waals surface area contributed by atoms with E-state index in [2.05, 4.69) is 6.58 Å². The molecular weight excluding hydrogens is 317 g/mol. The Kier molecular flexibility index (Phi) is 8.16. The first-order chi connectivity index (χ1) is 11.2. The quantitative estimate of drug-likeness (QED) is 0.400. The van der Waals surface area contributed by atoms with Gasteiger partial charge in [0.2, 0.25) is 0 Å². The van der Waals surface area contributed by atoms with Gasteiger partial charge in [-0.15, -0.1) is 0 Å². The molecule has 0 aliphatic carbocycles. The van der Waals surface area contributed by atoms with Crippen molar-refractivity contribution in [3.63, 3.8) is 0 Å². The van der Waals surface area contributed by atoms with Crippen LogP contribution in [0.15, 0.2) is 30.5 Å². The van der Waals surface area contributed by atoms with Crippen LogP contribution in [0.3, 0.4) is 0 Å². The second kappa shape index (κ2) is 9.60. The van der Waals surface area contributed by atoms with Gasteiger partial charge in [-0.05, 0) is 42.5 Å². The summed E-state index contributed by atoms with van der Waals surface area (Å²) in [5, 5.41) is 9.49. The lowest BCUT2D eigenvalue weighted by molar-refractivity contribution is -0.145. The second-order valence-electron chi connectivity index (χ2n) is 6.32. The highest BCUT2D eigenvalue weighted by Gasteiger charge is 2.32. The van der Waals surface area contributed by atoms with Gasteiger partial charge in [0, 0.05) is 12.8 Å². The zero-order chi connectivity index (χ0) is 18.2. The fourth-order valence-corrected chi connectivity index (χ4v) is 2.66. The van der Waals surface area contributed by atoms with Crippen molar-refractivity contribution in [3.05, 3.63) is 41.7 Å². The molecule has 0 bridgehead atoms. The van der Waals surface area contributed by atoms with Crippen LogP contribution in [0.2, 0.25) is 0 Å². The van der Waals surface area contributed by atoms with Gasteiger partial charge >= 0.3 is 6.18 Å². The molecule has 1 rings (SSSR count). The number of phenols is 1. The third-order valence-corrected chi connectivity index (χ3v) is 4.02. The molecule has 0 saturated carbocycles. The molecule has 0 fully saturated rings. The number of hydrogen-bond acceptors (Lipinski definition) is 2. The van der Waals surface area contributed by atoms with Gasteiger partial charge in [-0.1, -0.05) is 38.8 Å². The maximum Gasteiger partial charge on any atom is 0.389 e. The third kappa shape index (κ3) is 8.27. The van der Waals surface area contributed by atoms with Crippen LogP contribution in [0, 0.1) is 12.8 Å². The highest BCUT2D eigenvalue weighted by atomic mass is 19.4. The van der Waals surface area contributed by atoms with Crippen molar-refractivity contribution in [1.29, 1.82) is 0 Å². The highest BCUT2D eigenvalue weighted by Crippen LogP contribution is 2.32. The first-order valence-electron chi connectivity index (χ1n) is 8.37. The predicted molar refractivity (Wildman–Crippen MR) is 89.7 cm³/mol. The van der Waals surface area contributed by atoms with E-state index in [-0.39, 0.29) is 18.8 Å². The molecule has 136 valence electrons. The van der Waals surface area contributed by atoms with Crippen LogP contribution in [0.5, 0.6) is 5.75 Å². The Balaban J connectivity index is 2.55. The van der Waals surface area contributed by atoms with E-state index < -0.39 is 18.5 Å². The average Bonchev–Trinajstić information content (AvgIpc) is 2.46. The van der Waals surface area contributed by atoms with Crippen LogP contribution >= 0.6 is 0 Å². The molecule has 0 aliphatic heterocycles. The fraction of sp³-hybridized carbons (Fsp3) is 0.579. The molecule has 1 N–H and O–H groups in total. The van der Waals surface area contributed by atoms with Crippen LogP contribution in [0.1, 0.15) is 56.6 Å². The average molecular weight is 344 g/mol. The van der Waals surface area contributed by atoms with Gasteiger partial charge < -0.3 is 9.84 Å². The Morgan fingerprint density at radius 3 is 2.62 bits per heavy atom. The number of ether oxygens (including phenoxy) is 1. The molecule has 0 spiro atoms. The van der Waals surface area contributed by atoms with Gasteiger partial charge in [0.05, 0.1) is 5.76 Å². The van der Waals surface area contributed by atoms with Gasteiger partial charge in [0.1, 0.15) is 12.4 Å². The Hall–Kier alpha value is -1.65. The minimum absolute atomic E-state index is 0.138. The van der Waals surface area contributed by atoms with Crippen molar-refractivity contribution < 1.29 is 23.0 Å². The molecule has 0 radical (unpaired) electrons. The van der Waals surface area contributed by atoms with Gasteiger partial charge in [-0.3, -0.25) is 0 Å². The van der Waals surface area contributed by atoms with Crippen molar-refractivity contribution in [3.8, 4) is 5.75 Å². The molecule has 0 aromatic heterocycles. The van der Waals surface area contributed by atoms with Crippen LogP contribution in [-0.2, 0) is 11.3 Å². The number of benzene rings is 1. The lowest BCUT2D eigenvalue weighted by atomic mass is 9.93. The summed E-state index contributed by atoms with van der Waals surface area (Å²) >= 11 is 0. The van der Waals surface area contributed by atoms with Crippen molar-refractivity contribution in [1.82, 2.24) is 0 Å². The number of halogens is 3. The smallest absolute Gasteiger partial charge is 0.389 e. The summed E-state index contributed by atoms with van der Waals surface area (Å²) in [5.41, 5.74) is 1.75. The van der Waals surface area contributed by atoms with Gasteiger partial charge in [-0.25, -0.2) is 0 Å². The summed E-state index contributed by atoms with van der Waals surface area (Å²) in [6, 6.07) is 4.95. The topological polar surface area (TPSA) is 29.5 Å². The zero-order valence-corrected chi connectivity index (χ0v) is 14.5. The first-order valence-corrected chi connectivity index (χ1v) is 8.37. The maximum atomic E-state index is 12.7. The van der Waals surface area contributed by atoms with Crippen LogP contribution in [-0.4, -0.2) is 11.3 Å². The van der Waals surface area contributed by atoms with E-state index in [4.69, 9.17) is 4.74 Å². The summed E-state index contributed by atoms with van der Waals surface area (Å²) < 4.78 is 43.7. The highest BCUT2D eigenvalue weighted by molar-refractivity contribution is 5.33. The number of alkyl halides is 3.